The zero-order valence-corrected chi connectivity index (χ0v) is 15.1. The molecule has 0 aliphatic carbocycles. The van der Waals surface area contributed by atoms with Gasteiger partial charge in [0.1, 0.15) is 0 Å². The predicted octanol–water partition coefficient (Wildman–Crippen LogP) is 3.46. The van der Waals surface area contributed by atoms with Gasteiger partial charge in [-0.25, -0.2) is 4.98 Å². The zero-order chi connectivity index (χ0) is 17.8. The fourth-order valence-corrected chi connectivity index (χ4v) is 3.31. The number of aromatic nitrogens is 4. The van der Waals surface area contributed by atoms with E-state index in [0.717, 1.165) is 6.42 Å². The van der Waals surface area contributed by atoms with Crippen molar-refractivity contribution in [1.82, 2.24) is 19.7 Å². The van der Waals surface area contributed by atoms with Crippen LogP contribution in [0.2, 0.25) is 0 Å². The second-order valence-corrected chi connectivity index (χ2v) is 7.05. The Morgan fingerprint density at radius 3 is 2.88 bits per heavy atom. The summed E-state index contributed by atoms with van der Waals surface area (Å²) >= 11 is 1.42. The summed E-state index contributed by atoms with van der Waals surface area (Å²) in [7, 11) is 0. The number of benzene rings is 1. The van der Waals surface area contributed by atoms with E-state index >= 15 is 0 Å². The summed E-state index contributed by atoms with van der Waals surface area (Å²) in [4.78, 5) is 21.7. The lowest BCUT2D eigenvalue weighted by Gasteiger charge is -2.10. The highest BCUT2D eigenvalue weighted by Crippen LogP contribution is 2.21. The van der Waals surface area contributed by atoms with Gasteiger partial charge in [0, 0.05) is 13.0 Å². The second kappa shape index (κ2) is 7.65. The Bertz CT molecular complexity index is 946. The number of nitrogens with zero attached hydrogens (tertiary/aromatic N) is 4. The number of hydrogen-bond acceptors (Lipinski definition) is 6. The Morgan fingerprint density at radius 2 is 2.12 bits per heavy atom. The van der Waals surface area contributed by atoms with E-state index in [2.05, 4.69) is 35.6 Å². The molecule has 0 N–H and O–H groups in total. The van der Waals surface area contributed by atoms with Crippen LogP contribution in [-0.4, -0.2) is 19.7 Å². The summed E-state index contributed by atoms with van der Waals surface area (Å²) in [6.07, 6.45) is 2.45. The molecule has 6 nitrogen and oxygen atoms in total. The van der Waals surface area contributed by atoms with Gasteiger partial charge in [0.2, 0.25) is 5.89 Å². The van der Waals surface area contributed by atoms with Gasteiger partial charge in [0.25, 0.3) is 5.56 Å². The standard InChI is InChI=1S/C18H20N4O2S/c1-4-9-22-17(23)13-7-5-6-8-14(13)19-18(22)25-11-15-20-16(24-21-15)10-12(2)3/h4-8,12H,1,9-11H2,2-3H3. The molecule has 0 saturated heterocycles. The van der Waals surface area contributed by atoms with Crippen LogP contribution in [0.25, 0.3) is 10.9 Å². The predicted molar refractivity (Wildman–Crippen MR) is 98.6 cm³/mol. The number of thioether (sulfide) groups is 1. The first-order chi connectivity index (χ1) is 12.1. The number of hydrogen-bond donors (Lipinski definition) is 0. The van der Waals surface area contributed by atoms with Crippen LogP contribution in [0.5, 0.6) is 0 Å². The molecule has 0 radical (unpaired) electrons. The molecule has 0 bridgehead atoms. The topological polar surface area (TPSA) is 73.8 Å². The highest BCUT2D eigenvalue weighted by Gasteiger charge is 2.13. The second-order valence-electron chi connectivity index (χ2n) is 6.11. The molecule has 0 fully saturated rings. The first kappa shape index (κ1) is 17.4. The van der Waals surface area contributed by atoms with Gasteiger partial charge in [-0.2, -0.15) is 4.98 Å². The van der Waals surface area contributed by atoms with Crippen molar-refractivity contribution in [1.29, 1.82) is 0 Å². The number of allylic oxidation sites excluding steroid dienone is 1. The van der Waals surface area contributed by atoms with Gasteiger partial charge in [-0.3, -0.25) is 9.36 Å². The fraction of sp³-hybridized carbons (Fsp3) is 0.333. The molecule has 0 amide bonds. The molecular formula is C18H20N4O2S. The largest absolute Gasteiger partial charge is 0.339 e. The van der Waals surface area contributed by atoms with Gasteiger partial charge in [0.05, 0.1) is 16.7 Å². The minimum absolute atomic E-state index is 0.0680. The average Bonchev–Trinajstić information content (AvgIpc) is 3.02. The van der Waals surface area contributed by atoms with Crippen molar-refractivity contribution in [2.45, 2.75) is 37.7 Å². The minimum atomic E-state index is -0.0680. The molecule has 0 unspecified atom stereocenters. The van der Waals surface area contributed by atoms with E-state index in [9.17, 15) is 4.79 Å². The first-order valence-corrected chi connectivity index (χ1v) is 9.11. The Labute approximate surface area is 150 Å². The van der Waals surface area contributed by atoms with Crippen LogP contribution in [-0.2, 0) is 18.7 Å². The lowest BCUT2D eigenvalue weighted by molar-refractivity contribution is 0.360. The maximum absolute atomic E-state index is 12.7. The van der Waals surface area contributed by atoms with E-state index in [0.29, 0.717) is 46.0 Å². The zero-order valence-electron chi connectivity index (χ0n) is 14.3. The van der Waals surface area contributed by atoms with E-state index in [1.54, 1.807) is 16.7 Å². The lowest BCUT2D eigenvalue weighted by atomic mass is 10.1. The molecule has 0 atom stereocenters. The third-order valence-electron chi connectivity index (χ3n) is 3.56. The maximum Gasteiger partial charge on any atom is 0.262 e. The summed E-state index contributed by atoms with van der Waals surface area (Å²) in [5.41, 5.74) is 0.616. The Kier molecular flexibility index (Phi) is 5.33. The SMILES string of the molecule is C=CCn1c(SCc2noc(CC(C)C)n2)nc2ccccc2c1=O. The molecular weight excluding hydrogens is 336 g/mol. The van der Waals surface area contributed by atoms with Crippen molar-refractivity contribution >= 4 is 22.7 Å². The van der Waals surface area contributed by atoms with Crippen LogP contribution in [0.15, 0.2) is 51.4 Å². The van der Waals surface area contributed by atoms with Crippen molar-refractivity contribution in [3.8, 4) is 0 Å². The van der Waals surface area contributed by atoms with E-state index in [1.165, 1.54) is 11.8 Å². The van der Waals surface area contributed by atoms with Crippen LogP contribution in [0.1, 0.15) is 25.6 Å². The van der Waals surface area contributed by atoms with E-state index in [4.69, 9.17) is 4.52 Å². The van der Waals surface area contributed by atoms with Gasteiger partial charge in [0.15, 0.2) is 11.0 Å². The minimum Gasteiger partial charge on any atom is -0.339 e. The average molecular weight is 356 g/mol. The monoisotopic (exact) mass is 356 g/mol. The third-order valence-corrected chi connectivity index (χ3v) is 4.53. The van der Waals surface area contributed by atoms with Gasteiger partial charge >= 0.3 is 0 Å². The Balaban J connectivity index is 1.87. The van der Waals surface area contributed by atoms with Crippen LogP contribution in [0.4, 0.5) is 0 Å². The molecule has 25 heavy (non-hydrogen) atoms. The summed E-state index contributed by atoms with van der Waals surface area (Å²) in [5, 5.41) is 5.23. The van der Waals surface area contributed by atoms with Crippen molar-refractivity contribution in [2.75, 3.05) is 0 Å². The molecule has 0 saturated carbocycles. The van der Waals surface area contributed by atoms with Crippen molar-refractivity contribution in [3.63, 3.8) is 0 Å². The van der Waals surface area contributed by atoms with Crippen molar-refractivity contribution in [2.24, 2.45) is 5.92 Å². The third kappa shape index (κ3) is 3.99. The highest BCUT2D eigenvalue weighted by molar-refractivity contribution is 7.98. The summed E-state index contributed by atoms with van der Waals surface area (Å²) in [6, 6.07) is 7.34. The molecule has 1 aromatic carbocycles. The van der Waals surface area contributed by atoms with Gasteiger partial charge in [-0.15, -0.1) is 6.58 Å². The van der Waals surface area contributed by atoms with Gasteiger partial charge < -0.3 is 4.52 Å². The fourth-order valence-electron chi connectivity index (χ4n) is 2.46. The number of para-hydroxylation sites is 1. The van der Waals surface area contributed by atoms with E-state index in [1.807, 2.05) is 18.2 Å². The van der Waals surface area contributed by atoms with E-state index < -0.39 is 0 Å². The molecule has 3 rings (SSSR count). The van der Waals surface area contributed by atoms with Crippen LogP contribution in [0, 0.1) is 5.92 Å². The molecule has 7 heteroatoms. The van der Waals surface area contributed by atoms with Gasteiger partial charge in [-0.1, -0.05) is 49.0 Å². The van der Waals surface area contributed by atoms with Crippen molar-refractivity contribution in [3.05, 3.63) is 59.0 Å². The quantitative estimate of drug-likeness (QED) is 0.367. The molecule has 130 valence electrons. The first-order valence-electron chi connectivity index (χ1n) is 8.13. The Morgan fingerprint density at radius 1 is 1.32 bits per heavy atom. The van der Waals surface area contributed by atoms with Crippen LogP contribution >= 0.6 is 11.8 Å². The molecule has 0 aliphatic heterocycles. The Hall–Kier alpha value is -2.41. The lowest BCUT2D eigenvalue weighted by Crippen LogP contribution is -2.22. The normalized spacial score (nSPS) is 11.3. The van der Waals surface area contributed by atoms with Crippen LogP contribution in [0.3, 0.4) is 0 Å². The molecule has 0 aliphatic rings. The summed E-state index contributed by atoms with van der Waals surface area (Å²) in [6.45, 7) is 8.34. The smallest absolute Gasteiger partial charge is 0.262 e. The molecule has 2 aromatic heterocycles. The highest BCUT2D eigenvalue weighted by atomic mass is 32.2. The van der Waals surface area contributed by atoms with Crippen LogP contribution < -0.4 is 5.56 Å². The number of fused-ring (bicyclic) bond motifs is 1. The van der Waals surface area contributed by atoms with E-state index in [-0.39, 0.29) is 5.56 Å². The molecule has 0 spiro atoms. The molecule has 2 heterocycles. The van der Waals surface area contributed by atoms with Crippen molar-refractivity contribution < 1.29 is 4.52 Å². The number of rotatable bonds is 7. The summed E-state index contributed by atoms with van der Waals surface area (Å²) < 4.78 is 6.88. The maximum atomic E-state index is 12.7. The van der Waals surface area contributed by atoms with Gasteiger partial charge in [-0.05, 0) is 18.1 Å². The molecule has 3 aromatic rings. The summed E-state index contributed by atoms with van der Waals surface area (Å²) in [5.74, 6) is 2.19.